The average Bonchev–Trinajstić information content (AvgIpc) is 2.65. The molecule has 2 rings (SSSR count). The topological polar surface area (TPSA) is 78.9 Å². The maximum Gasteiger partial charge on any atom is 0.228 e. The first-order valence-electron chi connectivity index (χ1n) is 6.59. The van der Waals surface area contributed by atoms with Crippen LogP contribution in [0, 0.1) is 31.1 Å². The Labute approximate surface area is 117 Å². The summed E-state index contributed by atoms with van der Waals surface area (Å²) in [7, 11) is 0. The second kappa shape index (κ2) is 5.72. The van der Waals surface area contributed by atoms with Crippen LogP contribution in [-0.4, -0.2) is 11.9 Å². The SMILES string of the molecule is Cc1sc(NC(=O)C2CCC(N)CC2)c(C#N)c1C. The van der Waals surface area contributed by atoms with E-state index < -0.39 is 0 Å². The Balaban J connectivity index is 2.07. The molecule has 0 unspecified atom stereocenters. The van der Waals surface area contributed by atoms with E-state index in [1.807, 2.05) is 13.8 Å². The molecule has 3 N–H and O–H groups in total. The summed E-state index contributed by atoms with van der Waals surface area (Å²) < 4.78 is 0. The largest absolute Gasteiger partial charge is 0.328 e. The van der Waals surface area contributed by atoms with Crippen LogP contribution in [0.15, 0.2) is 0 Å². The Kier molecular flexibility index (Phi) is 4.23. The molecule has 1 aliphatic carbocycles. The number of thiophene rings is 1. The number of nitrogens with zero attached hydrogens (tertiary/aromatic N) is 1. The fourth-order valence-electron chi connectivity index (χ4n) is 2.44. The molecule has 19 heavy (non-hydrogen) atoms. The second-order valence-corrected chi connectivity index (χ2v) is 6.42. The molecule has 1 heterocycles. The first-order valence-corrected chi connectivity index (χ1v) is 7.41. The molecular formula is C14H19N3OS. The summed E-state index contributed by atoms with van der Waals surface area (Å²) in [6.45, 7) is 3.88. The summed E-state index contributed by atoms with van der Waals surface area (Å²) in [5.74, 6) is 0.0682. The van der Waals surface area contributed by atoms with E-state index in [1.54, 1.807) is 0 Å². The summed E-state index contributed by atoms with van der Waals surface area (Å²) in [5, 5.41) is 12.8. The molecule has 0 radical (unpaired) electrons. The second-order valence-electron chi connectivity index (χ2n) is 5.20. The van der Waals surface area contributed by atoms with E-state index in [0.29, 0.717) is 10.6 Å². The molecule has 0 atom stereocenters. The zero-order valence-corrected chi connectivity index (χ0v) is 12.1. The molecule has 1 amide bonds. The van der Waals surface area contributed by atoms with Gasteiger partial charge in [0, 0.05) is 16.8 Å². The molecule has 0 spiro atoms. The Morgan fingerprint density at radius 1 is 1.37 bits per heavy atom. The minimum atomic E-state index is 0.0321. The minimum absolute atomic E-state index is 0.0321. The number of nitriles is 1. The van der Waals surface area contributed by atoms with Crippen molar-refractivity contribution in [2.24, 2.45) is 11.7 Å². The van der Waals surface area contributed by atoms with Crippen molar-refractivity contribution in [3.05, 3.63) is 16.0 Å². The van der Waals surface area contributed by atoms with Gasteiger partial charge in [0.2, 0.25) is 5.91 Å². The number of nitrogens with one attached hydrogen (secondary N) is 1. The van der Waals surface area contributed by atoms with E-state index in [4.69, 9.17) is 11.0 Å². The third-order valence-electron chi connectivity index (χ3n) is 3.88. The van der Waals surface area contributed by atoms with Crippen LogP contribution >= 0.6 is 11.3 Å². The van der Waals surface area contributed by atoms with Crippen LogP contribution in [-0.2, 0) is 4.79 Å². The van der Waals surface area contributed by atoms with Gasteiger partial charge in [0.25, 0.3) is 0 Å². The van der Waals surface area contributed by atoms with E-state index in [-0.39, 0.29) is 17.9 Å². The van der Waals surface area contributed by atoms with E-state index in [0.717, 1.165) is 36.1 Å². The lowest BCUT2D eigenvalue weighted by atomic mass is 9.86. The van der Waals surface area contributed by atoms with Crippen molar-refractivity contribution in [3.8, 4) is 6.07 Å². The van der Waals surface area contributed by atoms with Crippen molar-refractivity contribution in [2.45, 2.75) is 45.6 Å². The minimum Gasteiger partial charge on any atom is -0.328 e. The monoisotopic (exact) mass is 277 g/mol. The summed E-state index contributed by atoms with van der Waals surface area (Å²) in [5.41, 5.74) is 7.41. The highest BCUT2D eigenvalue weighted by Gasteiger charge is 2.25. The maximum atomic E-state index is 12.2. The van der Waals surface area contributed by atoms with Crippen molar-refractivity contribution in [2.75, 3.05) is 5.32 Å². The first kappa shape index (κ1) is 14.0. The molecule has 1 aromatic rings. The molecule has 1 saturated carbocycles. The quantitative estimate of drug-likeness (QED) is 0.872. The smallest absolute Gasteiger partial charge is 0.228 e. The summed E-state index contributed by atoms with van der Waals surface area (Å²) in [4.78, 5) is 13.3. The van der Waals surface area contributed by atoms with Gasteiger partial charge in [-0.1, -0.05) is 0 Å². The van der Waals surface area contributed by atoms with Crippen molar-refractivity contribution in [1.29, 1.82) is 5.26 Å². The van der Waals surface area contributed by atoms with Gasteiger partial charge in [0.15, 0.2) is 0 Å². The number of rotatable bonds is 2. The number of carbonyl (C=O) groups is 1. The van der Waals surface area contributed by atoms with Crippen molar-refractivity contribution in [1.82, 2.24) is 0 Å². The van der Waals surface area contributed by atoms with Gasteiger partial charge in [-0.25, -0.2) is 0 Å². The van der Waals surface area contributed by atoms with Gasteiger partial charge in [0.1, 0.15) is 11.1 Å². The molecule has 0 saturated heterocycles. The number of anilines is 1. The molecule has 0 aromatic carbocycles. The van der Waals surface area contributed by atoms with Crippen molar-refractivity contribution < 1.29 is 4.79 Å². The fourth-order valence-corrected chi connectivity index (χ4v) is 3.46. The van der Waals surface area contributed by atoms with Crippen molar-refractivity contribution in [3.63, 3.8) is 0 Å². The van der Waals surface area contributed by atoms with Crippen molar-refractivity contribution >= 4 is 22.2 Å². The van der Waals surface area contributed by atoms with Gasteiger partial charge in [0.05, 0.1) is 5.56 Å². The highest BCUT2D eigenvalue weighted by Crippen LogP contribution is 2.33. The molecule has 5 heteroatoms. The summed E-state index contributed by atoms with van der Waals surface area (Å²) in [6.07, 6.45) is 3.51. The molecule has 1 aromatic heterocycles. The number of aryl methyl sites for hydroxylation is 1. The van der Waals surface area contributed by atoms with E-state index in [1.165, 1.54) is 11.3 Å². The Morgan fingerprint density at radius 2 is 2.00 bits per heavy atom. The predicted octanol–water partition coefficient (Wildman–Crippen LogP) is 2.69. The molecule has 0 bridgehead atoms. The number of hydrogen-bond acceptors (Lipinski definition) is 4. The molecule has 0 aliphatic heterocycles. The zero-order valence-electron chi connectivity index (χ0n) is 11.3. The number of carbonyl (C=O) groups excluding carboxylic acids is 1. The third-order valence-corrected chi connectivity index (χ3v) is 5.00. The Hall–Kier alpha value is -1.38. The van der Waals surface area contributed by atoms with Crippen LogP contribution in [0.25, 0.3) is 0 Å². The first-order chi connectivity index (χ1) is 9.02. The van der Waals surface area contributed by atoms with Gasteiger partial charge in [-0.05, 0) is 45.1 Å². The lowest BCUT2D eigenvalue weighted by molar-refractivity contribution is -0.120. The number of nitrogens with two attached hydrogens (primary N) is 1. The molecule has 1 fully saturated rings. The van der Waals surface area contributed by atoms with Gasteiger partial charge in [-0.2, -0.15) is 5.26 Å². The van der Waals surface area contributed by atoms with E-state index in [9.17, 15) is 4.79 Å². The predicted molar refractivity (Wildman–Crippen MR) is 77.1 cm³/mol. The third kappa shape index (κ3) is 2.96. The highest BCUT2D eigenvalue weighted by molar-refractivity contribution is 7.16. The molecule has 4 nitrogen and oxygen atoms in total. The lowest BCUT2D eigenvalue weighted by Crippen LogP contribution is -2.32. The Morgan fingerprint density at radius 3 is 2.58 bits per heavy atom. The van der Waals surface area contributed by atoms with Gasteiger partial charge >= 0.3 is 0 Å². The summed E-state index contributed by atoms with van der Waals surface area (Å²) >= 11 is 1.48. The summed E-state index contributed by atoms with van der Waals surface area (Å²) in [6, 6.07) is 2.42. The van der Waals surface area contributed by atoms with Gasteiger partial charge in [-0.15, -0.1) is 11.3 Å². The fraction of sp³-hybridized carbons (Fsp3) is 0.571. The normalized spacial score (nSPS) is 22.8. The van der Waals surface area contributed by atoms with Crippen LogP contribution in [0.1, 0.15) is 41.7 Å². The number of amides is 1. The van der Waals surface area contributed by atoms with Gasteiger partial charge < -0.3 is 11.1 Å². The maximum absolute atomic E-state index is 12.2. The average molecular weight is 277 g/mol. The number of hydrogen-bond donors (Lipinski definition) is 2. The van der Waals surface area contributed by atoms with Crippen LogP contribution in [0.2, 0.25) is 0 Å². The van der Waals surface area contributed by atoms with Crippen LogP contribution in [0.5, 0.6) is 0 Å². The van der Waals surface area contributed by atoms with Gasteiger partial charge in [-0.3, -0.25) is 4.79 Å². The standard InChI is InChI=1S/C14H19N3OS/c1-8-9(2)19-14(12(8)7-15)17-13(18)10-3-5-11(16)6-4-10/h10-11H,3-6,16H2,1-2H3,(H,17,18). The van der Waals surface area contributed by atoms with Crippen LogP contribution in [0.4, 0.5) is 5.00 Å². The highest BCUT2D eigenvalue weighted by atomic mass is 32.1. The zero-order chi connectivity index (χ0) is 14.0. The van der Waals surface area contributed by atoms with E-state index >= 15 is 0 Å². The van der Waals surface area contributed by atoms with E-state index in [2.05, 4.69) is 11.4 Å². The molecule has 102 valence electrons. The van der Waals surface area contributed by atoms with Crippen LogP contribution < -0.4 is 11.1 Å². The molecular weight excluding hydrogens is 258 g/mol. The van der Waals surface area contributed by atoms with Crippen LogP contribution in [0.3, 0.4) is 0 Å². The molecule has 1 aliphatic rings. The Bertz CT molecular complexity index is 522. The lowest BCUT2D eigenvalue weighted by Gasteiger charge is -2.24.